The van der Waals surface area contributed by atoms with Gasteiger partial charge < -0.3 is 10.0 Å². The molecule has 0 saturated heterocycles. The third-order valence-corrected chi connectivity index (χ3v) is 3.78. The van der Waals surface area contributed by atoms with Crippen molar-refractivity contribution in [2.75, 3.05) is 13.6 Å². The molecule has 1 aliphatic rings. The van der Waals surface area contributed by atoms with Gasteiger partial charge in [0.2, 0.25) is 5.91 Å². The second kappa shape index (κ2) is 5.39. The molecule has 2 rings (SSSR count). The lowest BCUT2D eigenvalue weighted by atomic mass is 10.1. The van der Waals surface area contributed by atoms with Crippen molar-refractivity contribution in [3.8, 4) is 0 Å². The van der Waals surface area contributed by atoms with E-state index in [-0.39, 0.29) is 24.3 Å². The molecule has 2 atom stereocenters. The number of rotatable bonds is 4. The van der Waals surface area contributed by atoms with Crippen molar-refractivity contribution in [3.05, 3.63) is 33.8 Å². The fourth-order valence-electron chi connectivity index (χ4n) is 2.18. The molecular weight excluding hydrogens is 289 g/mol. The van der Waals surface area contributed by atoms with Crippen LogP contribution in [0, 0.1) is 5.92 Å². The summed E-state index contributed by atoms with van der Waals surface area (Å²) in [5.41, 5.74) is 0.896. The zero-order valence-electron chi connectivity index (χ0n) is 10.3. The van der Waals surface area contributed by atoms with E-state index in [1.165, 1.54) is 11.9 Å². The highest BCUT2D eigenvalue weighted by atomic mass is 35.5. The average Bonchev–Trinajstić information content (AvgIpc) is 3.07. The molecule has 4 nitrogen and oxygen atoms in total. The van der Waals surface area contributed by atoms with Crippen molar-refractivity contribution < 1.29 is 14.7 Å². The number of aliphatic carboxylic acids is 1. The normalized spacial score (nSPS) is 21.0. The van der Waals surface area contributed by atoms with Gasteiger partial charge in [0.05, 0.1) is 0 Å². The summed E-state index contributed by atoms with van der Waals surface area (Å²) in [5, 5.41) is 9.77. The summed E-state index contributed by atoms with van der Waals surface area (Å²) in [4.78, 5) is 23.8. The maximum atomic E-state index is 12.0. The highest BCUT2D eigenvalue weighted by Gasteiger charge is 2.46. The zero-order valence-corrected chi connectivity index (χ0v) is 11.8. The molecule has 1 aliphatic carbocycles. The summed E-state index contributed by atoms with van der Waals surface area (Å²) in [6.45, 7) is -0.281. The van der Waals surface area contributed by atoms with Gasteiger partial charge in [-0.05, 0) is 30.0 Å². The molecule has 1 saturated carbocycles. The number of carboxylic acid groups (broad SMARTS) is 1. The number of hydrogen-bond donors (Lipinski definition) is 1. The summed E-state index contributed by atoms with van der Waals surface area (Å²) in [7, 11) is 1.50. The number of benzene rings is 1. The van der Waals surface area contributed by atoms with E-state index < -0.39 is 5.97 Å². The standard InChI is InChI=1S/C13H13Cl2NO3/c1-16(6-12(17)18)13(19)10-5-9(10)8-3-2-7(14)4-11(8)15/h2-4,9-10H,5-6H2,1H3,(H,17,18). The van der Waals surface area contributed by atoms with E-state index in [2.05, 4.69) is 0 Å². The molecule has 6 heteroatoms. The Bertz CT molecular complexity index is 533. The summed E-state index contributed by atoms with van der Waals surface area (Å²) in [6, 6.07) is 5.21. The molecule has 19 heavy (non-hydrogen) atoms. The number of halogens is 2. The molecule has 1 aromatic rings. The van der Waals surface area contributed by atoms with Crippen LogP contribution < -0.4 is 0 Å². The smallest absolute Gasteiger partial charge is 0.323 e. The van der Waals surface area contributed by atoms with Crippen LogP contribution in [0.15, 0.2) is 18.2 Å². The molecule has 0 aliphatic heterocycles. The van der Waals surface area contributed by atoms with E-state index in [4.69, 9.17) is 28.3 Å². The van der Waals surface area contributed by atoms with E-state index in [1.807, 2.05) is 6.07 Å². The fraction of sp³-hybridized carbons (Fsp3) is 0.385. The first-order chi connectivity index (χ1) is 8.90. The van der Waals surface area contributed by atoms with Gasteiger partial charge in [0.15, 0.2) is 0 Å². The lowest BCUT2D eigenvalue weighted by Crippen LogP contribution is -2.33. The van der Waals surface area contributed by atoms with Gasteiger partial charge >= 0.3 is 5.97 Å². The number of hydrogen-bond acceptors (Lipinski definition) is 2. The van der Waals surface area contributed by atoms with Gasteiger partial charge in [0.25, 0.3) is 0 Å². The number of carbonyl (C=O) groups is 2. The molecule has 0 radical (unpaired) electrons. The Morgan fingerprint density at radius 1 is 1.42 bits per heavy atom. The number of carboxylic acids is 1. The Morgan fingerprint density at radius 3 is 2.68 bits per heavy atom. The molecule has 1 N–H and O–H groups in total. The molecule has 0 heterocycles. The summed E-state index contributed by atoms with van der Waals surface area (Å²) in [5.74, 6) is -1.28. The van der Waals surface area contributed by atoms with Crippen LogP contribution in [0.3, 0.4) is 0 Å². The molecule has 0 bridgehead atoms. The predicted octanol–water partition coefficient (Wildman–Crippen LogP) is 2.64. The molecular formula is C13H13Cl2NO3. The zero-order chi connectivity index (χ0) is 14.2. The number of likely N-dealkylation sites (N-methyl/N-ethyl adjacent to an activating group) is 1. The fourth-order valence-corrected chi connectivity index (χ4v) is 2.73. The Kier molecular flexibility index (Phi) is 4.02. The van der Waals surface area contributed by atoms with Gasteiger partial charge in [-0.25, -0.2) is 0 Å². The van der Waals surface area contributed by atoms with Crippen LogP contribution in [0.4, 0.5) is 0 Å². The van der Waals surface area contributed by atoms with Crippen molar-refractivity contribution in [3.63, 3.8) is 0 Å². The van der Waals surface area contributed by atoms with Crippen LogP contribution in [0.2, 0.25) is 10.0 Å². The number of carbonyl (C=O) groups excluding carboxylic acids is 1. The highest BCUT2D eigenvalue weighted by Crippen LogP contribution is 2.50. The number of nitrogens with zero attached hydrogens (tertiary/aromatic N) is 1. The second-order valence-corrected chi connectivity index (χ2v) is 5.55. The number of amides is 1. The molecule has 1 fully saturated rings. The van der Waals surface area contributed by atoms with E-state index in [0.29, 0.717) is 16.5 Å². The molecule has 1 amide bonds. The van der Waals surface area contributed by atoms with Gasteiger partial charge in [-0.15, -0.1) is 0 Å². The lowest BCUT2D eigenvalue weighted by Gasteiger charge is -2.14. The molecule has 2 unspecified atom stereocenters. The van der Waals surface area contributed by atoms with E-state index in [1.54, 1.807) is 12.1 Å². The molecule has 1 aromatic carbocycles. The lowest BCUT2D eigenvalue weighted by molar-refractivity contribution is -0.144. The minimum atomic E-state index is -1.02. The van der Waals surface area contributed by atoms with Crippen molar-refractivity contribution in [1.29, 1.82) is 0 Å². The quantitative estimate of drug-likeness (QED) is 0.930. The van der Waals surface area contributed by atoms with Crippen molar-refractivity contribution in [2.24, 2.45) is 5.92 Å². The first-order valence-electron chi connectivity index (χ1n) is 5.82. The first-order valence-corrected chi connectivity index (χ1v) is 6.57. The summed E-state index contributed by atoms with van der Waals surface area (Å²) < 4.78 is 0. The van der Waals surface area contributed by atoms with Gasteiger partial charge in [0.1, 0.15) is 6.54 Å². The van der Waals surface area contributed by atoms with E-state index in [9.17, 15) is 9.59 Å². The SMILES string of the molecule is CN(CC(=O)O)C(=O)C1CC1c1ccc(Cl)cc1Cl. The Hall–Kier alpha value is -1.26. The van der Waals surface area contributed by atoms with E-state index >= 15 is 0 Å². The Morgan fingerprint density at radius 2 is 2.11 bits per heavy atom. The molecule has 0 spiro atoms. The second-order valence-electron chi connectivity index (χ2n) is 4.70. The summed E-state index contributed by atoms with van der Waals surface area (Å²) >= 11 is 11.9. The maximum Gasteiger partial charge on any atom is 0.323 e. The van der Waals surface area contributed by atoms with Gasteiger partial charge in [-0.1, -0.05) is 29.3 Å². The average molecular weight is 302 g/mol. The Balaban J connectivity index is 2.04. The van der Waals surface area contributed by atoms with Gasteiger partial charge in [-0.3, -0.25) is 9.59 Å². The van der Waals surface area contributed by atoms with Gasteiger partial charge in [0, 0.05) is 23.0 Å². The van der Waals surface area contributed by atoms with Crippen LogP contribution >= 0.6 is 23.2 Å². The van der Waals surface area contributed by atoms with Crippen LogP contribution in [-0.4, -0.2) is 35.5 Å². The van der Waals surface area contributed by atoms with Crippen LogP contribution in [0.5, 0.6) is 0 Å². The van der Waals surface area contributed by atoms with Crippen LogP contribution in [-0.2, 0) is 9.59 Å². The Labute approximate surface area is 120 Å². The first kappa shape index (κ1) is 14.2. The maximum absolute atomic E-state index is 12.0. The third-order valence-electron chi connectivity index (χ3n) is 3.22. The highest BCUT2D eigenvalue weighted by molar-refractivity contribution is 6.35. The van der Waals surface area contributed by atoms with Crippen molar-refractivity contribution >= 4 is 35.1 Å². The third kappa shape index (κ3) is 3.19. The minimum absolute atomic E-state index is 0.0634. The minimum Gasteiger partial charge on any atom is -0.480 e. The summed E-state index contributed by atoms with van der Waals surface area (Å²) in [6.07, 6.45) is 0.699. The monoisotopic (exact) mass is 301 g/mol. The largest absolute Gasteiger partial charge is 0.480 e. The van der Waals surface area contributed by atoms with Crippen LogP contribution in [0.1, 0.15) is 17.9 Å². The molecule has 102 valence electrons. The van der Waals surface area contributed by atoms with Crippen LogP contribution in [0.25, 0.3) is 0 Å². The van der Waals surface area contributed by atoms with Crippen molar-refractivity contribution in [1.82, 2.24) is 4.90 Å². The predicted molar refractivity (Wildman–Crippen MR) is 72.6 cm³/mol. The van der Waals surface area contributed by atoms with E-state index in [0.717, 1.165) is 5.56 Å². The molecule has 0 aromatic heterocycles. The van der Waals surface area contributed by atoms with Crippen molar-refractivity contribution in [2.45, 2.75) is 12.3 Å². The topological polar surface area (TPSA) is 57.6 Å². The van der Waals surface area contributed by atoms with Gasteiger partial charge in [-0.2, -0.15) is 0 Å².